The zero-order valence-electron chi connectivity index (χ0n) is 14.1. The van der Waals surface area contributed by atoms with Crippen molar-refractivity contribution in [1.29, 1.82) is 0 Å². The van der Waals surface area contributed by atoms with E-state index in [2.05, 4.69) is 9.97 Å². The summed E-state index contributed by atoms with van der Waals surface area (Å²) in [5.41, 5.74) is 3.76. The minimum absolute atomic E-state index is 0.0210. The van der Waals surface area contributed by atoms with Crippen LogP contribution in [-0.4, -0.2) is 57.8 Å². The Bertz CT molecular complexity index is 731. The summed E-state index contributed by atoms with van der Waals surface area (Å²) < 4.78 is 0. The van der Waals surface area contributed by atoms with E-state index < -0.39 is 0 Å². The van der Waals surface area contributed by atoms with Gasteiger partial charge in [0, 0.05) is 50.0 Å². The number of aromatic amines is 1. The molecule has 6 nitrogen and oxygen atoms in total. The molecule has 1 N–H and O–H groups in total. The molecular weight excluding hydrogens is 304 g/mol. The highest BCUT2D eigenvalue weighted by atomic mass is 16.2. The monoisotopic (exact) mass is 326 g/mol. The van der Waals surface area contributed by atoms with E-state index in [-0.39, 0.29) is 11.8 Å². The van der Waals surface area contributed by atoms with Crippen LogP contribution in [0, 0.1) is 13.8 Å². The lowest BCUT2D eigenvalue weighted by atomic mass is 10.1. The lowest BCUT2D eigenvalue weighted by Crippen LogP contribution is -2.51. The molecule has 0 unspecified atom stereocenters. The van der Waals surface area contributed by atoms with E-state index in [9.17, 15) is 9.59 Å². The summed E-state index contributed by atoms with van der Waals surface area (Å²) in [7, 11) is 0. The van der Waals surface area contributed by atoms with Gasteiger partial charge < -0.3 is 14.8 Å². The maximum Gasteiger partial charge on any atom is 0.255 e. The number of rotatable bonds is 3. The van der Waals surface area contributed by atoms with E-state index >= 15 is 0 Å². The number of piperazine rings is 1. The summed E-state index contributed by atoms with van der Waals surface area (Å²) in [6, 6.07) is 5.55. The van der Waals surface area contributed by atoms with Gasteiger partial charge in [-0.1, -0.05) is 0 Å². The summed E-state index contributed by atoms with van der Waals surface area (Å²) in [4.78, 5) is 35.7. The highest BCUT2D eigenvalue weighted by Crippen LogP contribution is 2.13. The highest BCUT2D eigenvalue weighted by molar-refractivity contribution is 5.94. The number of carbonyl (C=O) groups is 2. The number of hydrogen-bond acceptors (Lipinski definition) is 3. The van der Waals surface area contributed by atoms with E-state index in [0.29, 0.717) is 38.2 Å². The maximum absolute atomic E-state index is 12.5. The van der Waals surface area contributed by atoms with Crippen LogP contribution >= 0.6 is 0 Å². The Hall–Kier alpha value is -2.63. The molecule has 2 aromatic rings. The minimum atomic E-state index is -0.0210. The van der Waals surface area contributed by atoms with Gasteiger partial charge in [0.25, 0.3) is 5.91 Å². The van der Waals surface area contributed by atoms with Crippen molar-refractivity contribution in [2.75, 3.05) is 26.2 Å². The Kier molecular flexibility index (Phi) is 4.64. The molecule has 1 aliphatic heterocycles. The number of aryl methyl sites for hydroxylation is 2. The summed E-state index contributed by atoms with van der Waals surface area (Å²) in [5, 5.41) is 0. The van der Waals surface area contributed by atoms with E-state index in [1.165, 1.54) is 0 Å². The van der Waals surface area contributed by atoms with Crippen molar-refractivity contribution >= 4 is 11.8 Å². The maximum atomic E-state index is 12.5. The van der Waals surface area contributed by atoms with Crippen LogP contribution in [0.2, 0.25) is 0 Å². The number of carbonyl (C=O) groups excluding carboxylic acids is 2. The minimum Gasteiger partial charge on any atom is -0.362 e. The van der Waals surface area contributed by atoms with Crippen LogP contribution in [0.3, 0.4) is 0 Å². The average molecular weight is 326 g/mol. The first kappa shape index (κ1) is 16.2. The standard InChI is InChI=1S/C18H22N4O2/c1-13-10-16(14(2)20-13)11-17(23)21-6-8-22(9-7-21)18(24)15-4-3-5-19-12-15/h3-5,10,12,20H,6-9,11H2,1-2H3. The van der Waals surface area contributed by atoms with Crippen LogP contribution in [-0.2, 0) is 11.2 Å². The number of H-pyrrole nitrogens is 1. The first-order chi connectivity index (χ1) is 11.5. The number of nitrogens with one attached hydrogen (secondary N) is 1. The zero-order valence-corrected chi connectivity index (χ0v) is 14.1. The van der Waals surface area contributed by atoms with Crippen LogP contribution < -0.4 is 0 Å². The molecular formula is C18H22N4O2. The van der Waals surface area contributed by atoms with Gasteiger partial charge in [-0.2, -0.15) is 0 Å². The van der Waals surface area contributed by atoms with Gasteiger partial charge in [0.2, 0.25) is 5.91 Å². The largest absolute Gasteiger partial charge is 0.362 e. The molecule has 3 heterocycles. The van der Waals surface area contributed by atoms with Gasteiger partial charge in [-0.3, -0.25) is 14.6 Å². The molecule has 0 saturated carbocycles. The second-order valence-corrected chi connectivity index (χ2v) is 6.19. The van der Waals surface area contributed by atoms with Gasteiger partial charge in [0.15, 0.2) is 0 Å². The van der Waals surface area contributed by atoms with Gasteiger partial charge in [0.1, 0.15) is 0 Å². The number of aromatic nitrogens is 2. The van der Waals surface area contributed by atoms with Gasteiger partial charge in [0.05, 0.1) is 12.0 Å². The Balaban J connectivity index is 1.56. The van der Waals surface area contributed by atoms with E-state index in [1.54, 1.807) is 29.4 Å². The molecule has 0 bridgehead atoms. The summed E-state index contributed by atoms with van der Waals surface area (Å²) in [5.74, 6) is 0.0953. The first-order valence-corrected chi connectivity index (χ1v) is 8.17. The number of hydrogen-bond donors (Lipinski definition) is 1. The van der Waals surface area contributed by atoms with E-state index in [1.807, 2.05) is 24.8 Å². The molecule has 2 aromatic heterocycles. The van der Waals surface area contributed by atoms with Crippen molar-refractivity contribution in [1.82, 2.24) is 19.8 Å². The third-order valence-electron chi connectivity index (χ3n) is 4.43. The molecule has 0 radical (unpaired) electrons. The van der Waals surface area contributed by atoms with Gasteiger partial charge in [-0.25, -0.2) is 0 Å². The van der Waals surface area contributed by atoms with Crippen LogP contribution in [0.15, 0.2) is 30.6 Å². The molecule has 126 valence electrons. The molecule has 1 saturated heterocycles. The third kappa shape index (κ3) is 3.48. The lowest BCUT2D eigenvalue weighted by molar-refractivity contribution is -0.131. The Morgan fingerprint density at radius 1 is 1.17 bits per heavy atom. The van der Waals surface area contributed by atoms with Crippen molar-refractivity contribution in [2.24, 2.45) is 0 Å². The van der Waals surface area contributed by atoms with Crippen LogP contribution in [0.1, 0.15) is 27.3 Å². The Morgan fingerprint density at radius 2 is 1.88 bits per heavy atom. The molecule has 1 aliphatic rings. The number of nitrogens with zero attached hydrogens (tertiary/aromatic N) is 3. The lowest BCUT2D eigenvalue weighted by Gasteiger charge is -2.34. The predicted molar refractivity (Wildman–Crippen MR) is 90.7 cm³/mol. The van der Waals surface area contributed by atoms with Gasteiger partial charge in [-0.05, 0) is 37.6 Å². The SMILES string of the molecule is Cc1cc(CC(=O)N2CCN(C(=O)c3cccnc3)CC2)c(C)[nH]1. The molecule has 3 rings (SSSR count). The van der Waals surface area contributed by atoms with Crippen molar-refractivity contribution in [3.63, 3.8) is 0 Å². The topological polar surface area (TPSA) is 69.3 Å². The first-order valence-electron chi connectivity index (χ1n) is 8.17. The second kappa shape index (κ2) is 6.86. The third-order valence-corrected chi connectivity index (χ3v) is 4.43. The predicted octanol–water partition coefficient (Wildman–Crippen LogP) is 1.55. The van der Waals surface area contributed by atoms with Crippen molar-refractivity contribution in [3.8, 4) is 0 Å². The number of amides is 2. The Morgan fingerprint density at radius 3 is 2.46 bits per heavy atom. The Labute approximate surface area is 141 Å². The molecule has 24 heavy (non-hydrogen) atoms. The molecule has 6 heteroatoms. The normalized spacial score (nSPS) is 14.8. The van der Waals surface area contributed by atoms with Crippen molar-refractivity contribution < 1.29 is 9.59 Å². The van der Waals surface area contributed by atoms with Crippen molar-refractivity contribution in [2.45, 2.75) is 20.3 Å². The summed E-state index contributed by atoms with van der Waals surface area (Å²) in [6.45, 7) is 6.25. The summed E-state index contributed by atoms with van der Waals surface area (Å²) >= 11 is 0. The fraction of sp³-hybridized carbons (Fsp3) is 0.389. The van der Waals surface area contributed by atoms with Gasteiger partial charge in [-0.15, -0.1) is 0 Å². The fourth-order valence-corrected chi connectivity index (χ4v) is 3.07. The van der Waals surface area contributed by atoms with Crippen molar-refractivity contribution in [3.05, 3.63) is 53.1 Å². The average Bonchev–Trinajstić information content (AvgIpc) is 2.92. The fourth-order valence-electron chi connectivity index (χ4n) is 3.07. The number of pyridine rings is 1. The molecule has 1 fully saturated rings. The quantitative estimate of drug-likeness (QED) is 0.930. The second-order valence-electron chi connectivity index (χ2n) is 6.19. The van der Waals surface area contributed by atoms with E-state index in [4.69, 9.17) is 0 Å². The molecule has 0 spiro atoms. The summed E-state index contributed by atoms with van der Waals surface area (Å²) in [6.07, 6.45) is 3.64. The molecule has 0 aliphatic carbocycles. The molecule has 0 aromatic carbocycles. The zero-order chi connectivity index (χ0) is 17.1. The van der Waals surface area contributed by atoms with E-state index in [0.717, 1.165) is 17.0 Å². The smallest absolute Gasteiger partial charge is 0.255 e. The highest BCUT2D eigenvalue weighted by Gasteiger charge is 2.25. The molecule has 2 amide bonds. The van der Waals surface area contributed by atoms with Crippen LogP contribution in [0.4, 0.5) is 0 Å². The van der Waals surface area contributed by atoms with Crippen LogP contribution in [0.5, 0.6) is 0 Å². The molecule has 0 atom stereocenters. The van der Waals surface area contributed by atoms with Crippen LogP contribution in [0.25, 0.3) is 0 Å². The van der Waals surface area contributed by atoms with Gasteiger partial charge >= 0.3 is 0 Å².